The van der Waals surface area contributed by atoms with Gasteiger partial charge in [-0.2, -0.15) is 13.2 Å². The lowest BCUT2D eigenvalue weighted by molar-refractivity contribution is -0.187. The van der Waals surface area contributed by atoms with Gasteiger partial charge >= 0.3 is 6.18 Å². The molecule has 1 unspecified atom stereocenters. The number of halogens is 3. The van der Waals surface area contributed by atoms with E-state index < -0.39 is 12.1 Å². The van der Waals surface area contributed by atoms with E-state index in [1.54, 1.807) is 34.1 Å². The van der Waals surface area contributed by atoms with Gasteiger partial charge in [-0.05, 0) is 37.8 Å². The number of nitrogens with zero attached hydrogens (tertiary/aromatic N) is 2. The molecule has 7 heteroatoms. The van der Waals surface area contributed by atoms with Crippen molar-refractivity contribution >= 4 is 11.8 Å². The number of likely N-dealkylation sites (tertiary alicyclic amines) is 2. The summed E-state index contributed by atoms with van der Waals surface area (Å²) in [5, 5.41) is 0. The normalized spacial score (nSPS) is 22.3. The Hall–Kier alpha value is -2.05. The van der Waals surface area contributed by atoms with E-state index in [-0.39, 0.29) is 43.7 Å². The Morgan fingerprint density at radius 1 is 0.923 bits per heavy atom. The molecule has 0 radical (unpaired) electrons. The van der Waals surface area contributed by atoms with Gasteiger partial charge in [-0.15, -0.1) is 0 Å². The molecule has 1 atom stereocenters. The van der Waals surface area contributed by atoms with Crippen LogP contribution in [0.2, 0.25) is 0 Å². The Bertz CT molecular complexity index is 640. The van der Waals surface area contributed by atoms with Crippen LogP contribution in [0, 0.1) is 11.8 Å². The van der Waals surface area contributed by atoms with E-state index in [0.717, 1.165) is 6.42 Å². The molecule has 3 rings (SSSR count). The van der Waals surface area contributed by atoms with Crippen LogP contribution in [-0.2, 0) is 4.79 Å². The average molecular weight is 368 g/mol. The van der Waals surface area contributed by atoms with Crippen LogP contribution in [0.1, 0.15) is 36.0 Å². The first-order chi connectivity index (χ1) is 12.4. The fraction of sp³-hybridized carbons (Fsp3) is 0.579. The number of hydrogen-bond acceptors (Lipinski definition) is 2. The topological polar surface area (TPSA) is 40.6 Å². The van der Waals surface area contributed by atoms with Gasteiger partial charge in [0.2, 0.25) is 5.91 Å². The lowest BCUT2D eigenvalue weighted by Crippen LogP contribution is -2.49. The fourth-order valence-corrected chi connectivity index (χ4v) is 3.81. The number of hydrogen-bond donors (Lipinski definition) is 0. The summed E-state index contributed by atoms with van der Waals surface area (Å²) < 4.78 is 38.3. The molecule has 142 valence electrons. The summed E-state index contributed by atoms with van der Waals surface area (Å²) in [6.07, 6.45) is -2.84. The molecule has 0 aliphatic carbocycles. The number of carbonyl (C=O) groups excluding carboxylic acids is 2. The molecular formula is C19H23F3N2O2. The first kappa shape index (κ1) is 18.7. The van der Waals surface area contributed by atoms with Gasteiger partial charge in [-0.25, -0.2) is 0 Å². The SMILES string of the molecule is O=C(c1ccccc1)N1CCCC(C(=O)N2CCC(C(F)(F)F)CC2)C1. The van der Waals surface area contributed by atoms with E-state index in [1.165, 1.54) is 0 Å². The second kappa shape index (κ2) is 7.68. The van der Waals surface area contributed by atoms with Crippen LogP contribution in [0.15, 0.2) is 30.3 Å². The van der Waals surface area contributed by atoms with Crippen LogP contribution < -0.4 is 0 Å². The minimum absolute atomic E-state index is 0.0331. The number of piperidine rings is 2. The van der Waals surface area contributed by atoms with Crippen molar-refractivity contribution in [2.45, 2.75) is 31.9 Å². The van der Waals surface area contributed by atoms with Crippen LogP contribution in [0.5, 0.6) is 0 Å². The highest BCUT2D eigenvalue weighted by Gasteiger charge is 2.42. The third-order valence-electron chi connectivity index (χ3n) is 5.35. The van der Waals surface area contributed by atoms with Gasteiger partial charge in [-0.3, -0.25) is 9.59 Å². The van der Waals surface area contributed by atoms with E-state index in [9.17, 15) is 22.8 Å². The van der Waals surface area contributed by atoms with Crippen molar-refractivity contribution in [3.05, 3.63) is 35.9 Å². The molecule has 4 nitrogen and oxygen atoms in total. The minimum Gasteiger partial charge on any atom is -0.342 e. The quantitative estimate of drug-likeness (QED) is 0.803. The summed E-state index contributed by atoms with van der Waals surface area (Å²) in [4.78, 5) is 28.5. The Morgan fingerprint density at radius 2 is 1.58 bits per heavy atom. The summed E-state index contributed by atoms with van der Waals surface area (Å²) in [7, 11) is 0. The number of amides is 2. The molecular weight excluding hydrogens is 345 g/mol. The van der Waals surface area contributed by atoms with Gasteiger partial charge in [0.05, 0.1) is 11.8 Å². The Balaban J connectivity index is 1.58. The molecule has 2 aliphatic heterocycles. The van der Waals surface area contributed by atoms with E-state index in [4.69, 9.17) is 0 Å². The molecule has 2 amide bonds. The van der Waals surface area contributed by atoms with E-state index in [0.29, 0.717) is 25.1 Å². The van der Waals surface area contributed by atoms with Gasteiger partial charge in [0.15, 0.2) is 0 Å². The lowest BCUT2D eigenvalue weighted by Gasteiger charge is -2.38. The molecule has 2 saturated heterocycles. The monoisotopic (exact) mass is 368 g/mol. The number of benzene rings is 1. The van der Waals surface area contributed by atoms with Crippen molar-refractivity contribution in [1.82, 2.24) is 9.80 Å². The minimum atomic E-state index is -4.18. The zero-order valence-electron chi connectivity index (χ0n) is 14.5. The molecule has 0 spiro atoms. The maximum absolute atomic E-state index is 12.8. The van der Waals surface area contributed by atoms with Crippen LogP contribution in [0.3, 0.4) is 0 Å². The maximum Gasteiger partial charge on any atom is 0.391 e. The van der Waals surface area contributed by atoms with Crippen molar-refractivity contribution in [2.24, 2.45) is 11.8 Å². The lowest BCUT2D eigenvalue weighted by atomic mass is 9.92. The maximum atomic E-state index is 12.8. The number of rotatable bonds is 2. The molecule has 0 bridgehead atoms. The van der Waals surface area contributed by atoms with Gasteiger partial charge in [-0.1, -0.05) is 18.2 Å². The fourth-order valence-electron chi connectivity index (χ4n) is 3.81. The molecule has 0 saturated carbocycles. The highest BCUT2D eigenvalue weighted by molar-refractivity contribution is 5.94. The molecule has 2 aliphatic rings. The number of carbonyl (C=O) groups is 2. The molecule has 26 heavy (non-hydrogen) atoms. The predicted octanol–water partition coefficient (Wildman–Crippen LogP) is 3.34. The van der Waals surface area contributed by atoms with Gasteiger partial charge < -0.3 is 9.80 Å². The molecule has 2 fully saturated rings. The highest BCUT2D eigenvalue weighted by atomic mass is 19.4. The van der Waals surface area contributed by atoms with Crippen molar-refractivity contribution in [3.63, 3.8) is 0 Å². The summed E-state index contributed by atoms with van der Waals surface area (Å²) in [6.45, 7) is 1.23. The van der Waals surface area contributed by atoms with Crippen molar-refractivity contribution in [3.8, 4) is 0 Å². The van der Waals surface area contributed by atoms with Crippen LogP contribution in [-0.4, -0.2) is 54.0 Å². The first-order valence-electron chi connectivity index (χ1n) is 9.06. The highest BCUT2D eigenvalue weighted by Crippen LogP contribution is 2.34. The van der Waals surface area contributed by atoms with E-state index in [2.05, 4.69) is 0 Å². The molecule has 1 aromatic carbocycles. The van der Waals surface area contributed by atoms with E-state index in [1.807, 2.05) is 6.07 Å². The first-order valence-corrected chi connectivity index (χ1v) is 9.06. The van der Waals surface area contributed by atoms with Crippen molar-refractivity contribution in [1.29, 1.82) is 0 Å². The third kappa shape index (κ3) is 4.19. The second-order valence-electron chi connectivity index (χ2n) is 7.10. The smallest absolute Gasteiger partial charge is 0.342 e. The van der Waals surface area contributed by atoms with Crippen molar-refractivity contribution < 1.29 is 22.8 Å². The zero-order chi connectivity index (χ0) is 18.7. The van der Waals surface area contributed by atoms with Gasteiger partial charge in [0.25, 0.3) is 5.91 Å². The predicted molar refractivity (Wildman–Crippen MR) is 90.4 cm³/mol. The van der Waals surface area contributed by atoms with Crippen LogP contribution >= 0.6 is 0 Å². The van der Waals surface area contributed by atoms with Crippen LogP contribution in [0.25, 0.3) is 0 Å². The molecule has 0 N–H and O–H groups in total. The summed E-state index contributed by atoms with van der Waals surface area (Å²) >= 11 is 0. The van der Waals surface area contributed by atoms with Crippen LogP contribution in [0.4, 0.5) is 13.2 Å². The van der Waals surface area contributed by atoms with Gasteiger partial charge in [0.1, 0.15) is 0 Å². The summed E-state index contributed by atoms with van der Waals surface area (Å²) in [6, 6.07) is 8.92. The Morgan fingerprint density at radius 3 is 2.19 bits per heavy atom. The molecule has 0 aromatic heterocycles. The molecule has 1 aromatic rings. The second-order valence-corrected chi connectivity index (χ2v) is 7.10. The zero-order valence-corrected chi connectivity index (χ0v) is 14.5. The van der Waals surface area contributed by atoms with Gasteiger partial charge in [0, 0.05) is 31.7 Å². The van der Waals surface area contributed by atoms with Crippen molar-refractivity contribution in [2.75, 3.05) is 26.2 Å². The van der Waals surface area contributed by atoms with E-state index >= 15 is 0 Å². The number of alkyl halides is 3. The summed E-state index contributed by atoms with van der Waals surface area (Å²) in [5.41, 5.74) is 0.589. The summed E-state index contributed by atoms with van der Waals surface area (Å²) in [5.74, 6) is -1.84. The molecule has 2 heterocycles. The average Bonchev–Trinajstić information content (AvgIpc) is 2.67. The Labute approximate surface area is 151 Å². The Kier molecular flexibility index (Phi) is 5.53. The third-order valence-corrected chi connectivity index (χ3v) is 5.35. The largest absolute Gasteiger partial charge is 0.391 e. The standard InChI is InChI=1S/C19H23F3N2O2/c20-19(21,22)16-8-11-23(12-9-16)18(26)15-7-4-10-24(13-15)17(25)14-5-2-1-3-6-14/h1-3,5-6,15-16H,4,7-13H2.